The van der Waals surface area contributed by atoms with Crippen molar-refractivity contribution in [2.75, 3.05) is 5.32 Å². The van der Waals surface area contributed by atoms with Gasteiger partial charge in [0.15, 0.2) is 0 Å². The summed E-state index contributed by atoms with van der Waals surface area (Å²) in [5.74, 6) is 0. The van der Waals surface area contributed by atoms with Gasteiger partial charge in [-0.25, -0.2) is 0 Å². The van der Waals surface area contributed by atoms with E-state index in [2.05, 4.69) is 19.2 Å². The molecule has 0 aliphatic carbocycles. The Morgan fingerprint density at radius 1 is 1.44 bits per heavy atom. The van der Waals surface area contributed by atoms with Crippen LogP contribution in [0.15, 0.2) is 18.2 Å². The molecule has 1 rings (SSSR count). The molecule has 0 bridgehead atoms. The van der Waals surface area contributed by atoms with Gasteiger partial charge in [0.25, 0.3) is 5.69 Å². The minimum absolute atomic E-state index is 0.0533. The fourth-order valence-corrected chi connectivity index (χ4v) is 1.99. The maximum atomic E-state index is 10.8. The van der Waals surface area contributed by atoms with Gasteiger partial charge in [-0.05, 0) is 25.5 Å². The van der Waals surface area contributed by atoms with E-state index in [1.165, 1.54) is 25.3 Å². The smallest absolute Gasteiger partial charge is 0.289 e. The number of hydrogen-bond donors (Lipinski definition) is 1. The zero-order valence-corrected chi connectivity index (χ0v) is 11.5. The molecule has 0 amide bonds. The van der Waals surface area contributed by atoms with Crippen LogP contribution in [0.25, 0.3) is 0 Å². The lowest BCUT2D eigenvalue weighted by molar-refractivity contribution is -0.384. The number of nitrogens with one attached hydrogen (secondary N) is 1. The van der Waals surface area contributed by atoms with Crippen LogP contribution >= 0.6 is 11.6 Å². The lowest BCUT2D eigenvalue weighted by Gasteiger charge is -2.15. The second-order valence-electron chi connectivity index (χ2n) is 4.46. The molecule has 0 spiro atoms. The zero-order chi connectivity index (χ0) is 13.5. The van der Waals surface area contributed by atoms with Crippen molar-refractivity contribution in [3.8, 4) is 0 Å². The molecule has 1 aromatic rings. The number of anilines is 1. The third-order valence-electron chi connectivity index (χ3n) is 2.80. The Morgan fingerprint density at radius 3 is 2.78 bits per heavy atom. The number of hydrogen-bond acceptors (Lipinski definition) is 3. The molecule has 5 heteroatoms. The first-order chi connectivity index (χ1) is 8.54. The van der Waals surface area contributed by atoms with Crippen LogP contribution in [0.1, 0.15) is 39.5 Å². The Labute approximate surface area is 112 Å². The van der Waals surface area contributed by atoms with E-state index in [1.807, 2.05) is 0 Å². The molecule has 0 aromatic heterocycles. The highest BCUT2D eigenvalue weighted by Gasteiger charge is 2.13. The Morgan fingerprint density at radius 2 is 2.17 bits per heavy atom. The number of nitro benzene ring substituents is 1. The fraction of sp³-hybridized carbons (Fsp3) is 0.538. The molecule has 0 radical (unpaired) electrons. The van der Waals surface area contributed by atoms with Crippen molar-refractivity contribution < 1.29 is 4.92 Å². The molecule has 0 heterocycles. The molecule has 1 unspecified atom stereocenters. The van der Waals surface area contributed by atoms with E-state index < -0.39 is 4.92 Å². The summed E-state index contributed by atoms with van der Waals surface area (Å²) >= 11 is 5.76. The topological polar surface area (TPSA) is 55.2 Å². The number of benzene rings is 1. The lowest BCUT2D eigenvalue weighted by Crippen LogP contribution is -2.14. The van der Waals surface area contributed by atoms with Crippen molar-refractivity contribution in [1.29, 1.82) is 0 Å². The third-order valence-corrected chi connectivity index (χ3v) is 3.12. The van der Waals surface area contributed by atoms with Gasteiger partial charge >= 0.3 is 0 Å². The van der Waals surface area contributed by atoms with Gasteiger partial charge in [-0.1, -0.05) is 37.8 Å². The molecule has 100 valence electrons. The third kappa shape index (κ3) is 4.53. The van der Waals surface area contributed by atoms with E-state index in [4.69, 9.17) is 11.6 Å². The molecular formula is C13H19ClN2O2. The van der Waals surface area contributed by atoms with Crippen LogP contribution in [0.2, 0.25) is 5.02 Å². The quantitative estimate of drug-likeness (QED) is 0.446. The van der Waals surface area contributed by atoms with Crippen molar-refractivity contribution >= 4 is 23.0 Å². The Balaban J connectivity index is 2.62. The van der Waals surface area contributed by atoms with Crippen LogP contribution in [0.4, 0.5) is 11.4 Å². The summed E-state index contributed by atoms with van der Waals surface area (Å²) in [4.78, 5) is 10.3. The molecule has 0 saturated heterocycles. The first-order valence-electron chi connectivity index (χ1n) is 6.25. The Kier molecular flexibility index (Phi) is 5.92. The van der Waals surface area contributed by atoms with E-state index in [0.29, 0.717) is 6.04 Å². The summed E-state index contributed by atoms with van der Waals surface area (Å²) in [7, 11) is 0. The number of nitrogens with zero attached hydrogens (tertiary/aromatic N) is 1. The molecule has 0 aliphatic heterocycles. The number of unbranched alkanes of at least 4 members (excludes halogenated alkanes) is 2. The van der Waals surface area contributed by atoms with E-state index in [-0.39, 0.29) is 10.7 Å². The molecule has 4 nitrogen and oxygen atoms in total. The highest BCUT2D eigenvalue weighted by molar-refractivity contribution is 6.32. The summed E-state index contributed by atoms with van der Waals surface area (Å²) in [6, 6.07) is 5.11. The minimum Gasteiger partial charge on any atom is -0.382 e. The number of nitro groups is 1. The van der Waals surface area contributed by atoms with Crippen LogP contribution in [0, 0.1) is 10.1 Å². The Bertz CT molecular complexity index is 410. The van der Waals surface area contributed by atoms with E-state index in [1.54, 1.807) is 12.1 Å². The predicted octanol–water partition coefficient (Wildman–Crippen LogP) is 4.63. The van der Waals surface area contributed by atoms with Gasteiger partial charge in [0, 0.05) is 17.8 Å². The second kappa shape index (κ2) is 7.21. The summed E-state index contributed by atoms with van der Waals surface area (Å²) in [5, 5.41) is 14.2. The second-order valence-corrected chi connectivity index (χ2v) is 4.87. The fourth-order valence-electron chi connectivity index (χ4n) is 1.80. The van der Waals surface area contributed by atoms with Gasteiger partial charge in [-0.3, -0.25) is 10.1 Å². The first-order valence-corrected chi connectivity index (χ1v) is 6.63. The van der Waals surface area contributed by atoms with Crippen molar-refractivity contribution in [1.82, 2.24) is 0 Å². The maximum Gasteiger partial charge on any atom is 0.289 e. The lowest BCUT2D eigenvalue weighted by atomic mass is 10.1. The van der Waals surface area contributed by atoms with Gasteiger partial charge in [0.05, 0.1) is 4.92 Å². The van der Waals surface area contributed by atoms with Gasteiger partial charge in [0.2, 0.25) is 0 Å². The molecular weight excluding hydrogens is 252 g/mol. The zero-order valence-electron chi connectivity index (χ0n) is 10.8. The minimum atomic E-state index is -0.463. The van der Waals surface area contributed by atoms with Crippen molar-refractivity contribution in [3.63, 3.8) is 0 Å². The Hall–Kier alpha value is -1.29. The first kappa shape index (κ1) is 14.8. The standard InChI is InChI=1S/C13H19ClN2O2/c1-3-4-5-6-10(2)15-11-7-8-12(14)13(9-11)16(17)18/h7-10,15H,3-6H2,1-2H3. The average Bonchev–Trinajstić information content (AvgIpc) is 2.31. The van der Waals surface area contributed by atoms with Crippen molar-refractivity contribution in [3.05, 3.63) is 33.3 Å². The molecule has 0 aliphatic rings. The molecule has 1 atom stereocenters. The van der Waals surface area contributed by atoms with Gasteiger partial charge < -0.3 is 5.32 Å². The predicted molar refractivity (Wildman–Crippen MR) is 75.3 cm³/mol. The van der Waals surface area contributed by atoms with Gasteiger partial charge in [0.1, 0.15) is 5.02 Å². The summed E-state index contributed by atoms with van der Waals surface area (Å²) in [5.41, 5.74) is 0.692. The van der Waals surface area contributed by atoms with Crippen LogP contribution in [-0.2, 0) is 0 Å². The van der Waals surface area contributed by atoms with Crippen LogP contribution in [0.3, 0.4) is 0 Å². The highest BCUT2D eigenvalue weighted by atomic mass is 35.5. The number of halogens is 1. The largest absolute Gasteiger partial charge is 0.382 e. The van der Waals surface area contributed by atoms with E-state index in [0.717, 1.165) is 12.1 Å². The SMILES string of the molecule is CCCCCC(C)Nc1ccc(Cl)c([N+](=O)[O-])c1. The van der Waals surface area contributed by atoms with Gasteiger partial charge in [-0.2, -0.15) is 0 Å². The number of rotatable bonds is 7. The van der Waals surface area contributed by atoms with Crippen LogP contribution < -0.4 is 5.32 Å². The van der Waals surface area contributed by atoms with Crippen LogP contribution in [-0.4, -0.2) is 11.0 Å². The van der Waals surface area contributed by atoms with Crippen molar-refractivity contribution in [2.45, 2.75) is 45.6 Å². The van der Waals surface area contributed by atoms with E-state index >= 15 is 0 Å². The highest BCUT2D eigenvalue weighted by Crippen LogP contribution is 2.27. The van der Waals surface area contributed by atoms with Crippen molar-refractivity contribution in [2.24, 2.45) is 0 Å². The summed E-state index contributed by atoms with van der Waals surface area (Å²) in [6.07, 6.45) is 4.64. The molecule has 0 saturated carbocycles. The molecule has 1 aromatic carbocycles. The molecule has 18 heavy (non-hydrogen) atoms. The molecule has 1 N–H and O–H groups in total. The summed E-state index contributed by atoms with van der Waals surface area (Å²) in [6.45, 7) is 4.25. The summed E-state index contributed by atoms with van der Waals surface area (Å²) < 4.78 is 0. The van der Waals surface area contributed by atoms with E-state index in [9.17, 15) is 10.1 Å². The van der Waals surface area contributed by atoms with Gasteiger partial charge in [-0.15, -0.1) is 0 Å². The monoisotopic (exact) mass is 270 g/mol. The average molecular weight is 271 g/mol. The molecule has 0 fully saturated rings. The maximum absolute atomic E-state index is 10.8. The van der Waals surface area contributed by atoms with Crippen LogP contribution in [0.5, 0.6) is 0 Å². The normalized spacial score (nSPS) is 12.2.